The summed E-state index contributed by atoms with van der Waals surface area (Å²) in [5.74, 6) is 1.59. The molecule has 3 aromatic carbocycles. The summed E-state index contributed by atoms with van der Waals surface area (Å²) in [5.41, 5.74) is 2.62. The fraction of sp³-hybridized carbons (Fsp3) is 0.226. The smallest absolute Gasteiger partial charge is 0.342 e. The van der Waals surface area contributed by atoms with Crippen LogP contribution in [0.25, 0.3) is 17.5 Å². The number of hydrogen-bond donors (Lipinski definition) is 1. The third-order valence-electron chi connectivity index (χ3n) is 6.14. The lowest BCUT2D eigenvalue weighted by Gasteiger charge is -2.13. The molecule has 0 unspecified atom stereocenters. The van der Waals surface area contributed by atoms with Crippen LogP contribution in [-0.2, 0) is 17.9 Å². The average molecular weight is 587 g/mol. The highest BCUT2D eigenvalue weighted by molar-refractivity contribution is 8.04. The van der Waals surface area contributed by atoms with Crippen LogP contribution < -0.4 is 18.9 Å². The maximum absolute atomic E-state index is 12.3. The number of carbonyl (C=O) groups is 1. The maximum atomic E-state index is 12.3. The molecule has 0 fully saturated rings. The van der Waals surface area contributed by atoms with E-state index < -0.39 is 5.97 Å². The number of hydrogen-bond acceptors (Lipinski definition) is 9. The van der Waals surface area contributed by atoms with Gasteiger partial charge in [0.25, 0.3) is 0 Å². The Balaban J connectivity index is 1.62. The summed E-state index contributed by atoms with van der Waals surface area (Å²) in [4.78, 5) is 12.3. The van der Waals surface area contributed by atoms with Crippen molar-refractivity contribution in [2.45, 2.75) is 32.2 Å². The van der Waals surface area contributed by atoms with Crippen LogP contribution in [0.1, 0.15) is 30.5 Å². The minimum atomic E-state index is -1.11. The predicted molar refractivity (Wildman–Crippen MR) is 159 cm³/mol. The molecule has 216 valence electrons. The normalized spacial score (nSPS) is 11.1. The SMILES string of the molecule is CCOc1cc(/C=C(\Sc2nnc(-c3cc(OC)cc(OC)c3)n2CC)C(=O)O)ccc1OCc1ccccc1C#N. The van der Waals surface area contributed by atoms with Gasteiger partial charge in [-0.3, -0.25) is 0 Å². The Morgan fingerprint density at radius 2 is 1.74 bits per heavy atom. The van der Waals surface area contributed by atoms with Gasteiger partial charge in [0.1, 0.15) is 23.0 Å². The largest absolute Gasteiger partial charge is 0.497 e. The zero-order valence-electron chi connectivity index (χ0n) is 23.7. The summed E-state index contributed by atoms with van der Waals surface area (Å²) < 4.78 is 24.4. The van der Waals surface area contributed by atoms with Crippen LogP contribution in [0.3, 0.4) is 0 Å². The van der Waals surface area contributed by atoms with Crippen LogP contribution in [0, 0.1) is 11.3 Å². The van der Waals surface area contributed by atoms with Crippen LogP contribution in [0.4, 0.5) is 0 Å². The van der Waals surface area contributed by atoms with Crippen molar-refractivity contribution in [3.05, 3.63) is 82.3 Å². The predicted octanol–water partition coefficient (Wildman–Crippen LogP) is 6.05. The first-order valence-electron chi connectivity index (χ1n) is 13.1. The van der Waals surface area contributed by atoms with E-state index in [-0.39, 0.29) is 11.5 Å². The molecule has 1 N–H and O–H groups in total. The lowest BCUT2D eigenvalue weighted by atomic mass is 10.1. The topological polar surface area (TPSA) is 129 Å². The molecule has 0 spiro atoms. The van der Waals surface area contributed by atoms with Crippen LogP contribution in [0.15, 0.2) is 70.7 Å². The first-order valence-corrected chi connectivity index (χ1v) is 13.9. The summed E-state index contributed by atoms with van der Waals surface area (Å²) in [5, 5.41) is 28.4. The van der Waals surface area contributed by atoms with E-state index in [1.54, 1.807) is 56.7 Å². The maximum Gasteiger partial charge on any atom is 0.342 e. The standard InChI is InChI=1S/C31H30N4O6S/c1-5-35-29(23-15-24(38-3)17-25(16-23)39-4)33-34-31(35)42-28(30(36)37)14-20-11-12-26(27(13-20)40-6-2)41-19-22-10-8-7-9-21(22)18-32/h7-17H,5-6,19H2,1-4H3,(H,36,37)/b28-14-. The van der Waals surface area contributed by atoms with Crippen molar-refractivity contribution in [1.82, 2.24) is 14.8 Å². The third kappa shape index (κ3) is 7.03. The number of benzene rings is 3. The molecule has 1 heterocycles. The van der Waals surface area contributed by atoms with Crippen molar-refractivity contribution in [3.63, 3.8) is 0 Å². The third-order valence-corrected chi connectivity index (χ3v) is 7.14. The van der Waals surface area contributed by atoms with E-state index in [0.29, 0.717) is 58.3 Å². The van der Waals surface area contributed by atoms with Gasteiger partial charge in [0, 0.05) is 23.7 Å². The number of nitriles is 1. The molecule has 0 aliphatic heterocycles. The molecule has 0 saturated heterocycles. The van der Waals surface area contributed by atoms with Crippen molar-refractivity contribution in [3.8, 4) is 40.5 Å². The van der Waals surface area contributed by atoms with E-state index in [4.69, 9.17) is 18.9 Å². The van der Waals surface area contributed by atoms with E-state index >= 15 is 0 Å². The second-order valence-corrected chi connectivity index (χ2v) is 9.77. The molecule has 1 aromatic heterocycles. The van der Waals surface area contributed by atoms with Gasteiger partial charge in [0.2, 0.25) is 0 Å². The number of ether oxygens (including phenoxy) is 4. The molecule has 0 bridgehead atoms. The number of methoxy groups -OCH3 is 2. The van der Waals surface area contributed by atoms with Crippen molar-refractivity contribution in [2.75, 3.05) is 20.8 Å². The van der Waals surface area contributed by atoms with Crippen LogP contribution in [0.2, 0.25) is 0 Å². The van der Waals surface area contributed by atoms with Gasteiger partial charge in [0.15, 0.2) is 22.5 Å². The molecule has 0 aliphatic rings. The number of carboxylic acids is 1. The van der Waals surface area contributed by atoms with Gasteiger partial charge in [-0.2, -0.15) is 5.26 Å². The number of carboxylic acid groups (broad SMARTS) is 1. The minimum Gasteiger partial charge on any atom is -0.497 e. The van der Waals surface area contributed by atoms with Gasteiger partial charge >= 0.3 is 5.97 Å². The molecule has 0 atom stereocenters. The van der Waals surface area contributed by atoms with E-state index in [0.717, 1.165) is 22.9 Å². The Kier molecular flexibility index (Phi) is 10.1. The Labute approximate surface area is 248 Å². The van der Waals surface area contributed by atoms with E-state index in [1.807, 2.05) is 42.7 Å². The Bertz CT molecular complexity index is 1620. The summed E-state index contributed by atoms with van der Waals surface area (Å²) in [6.07, 6.45) is 1.55. The number of rotatable bonds is 13. The van der Waals surface area contributed by atoms with Gasteiger partial charge in [-0.05, 0) is 67.6 Å². The average Bonchev–Trinajstić information content (AvgIpc) is 3.42. The minimum absolute atomic E-state index is 0.0472. The second kappa shape index (κ2) is 14.1. The van der Waals surface area contributed by atoms with Crippen LogP contribution in [-0.4, -0.2) is 46.7 Å². The highest BCUT2D eigenvalue weighted by atomic mass is 32.2. The fourth-order valence-electron chi connectivity index (χ4n) is 4.10. The Hall–Kier alpha value is -4.95. The van der Waals surface area contributed by atoms with Gasteiger partial charge in [-0.15, -0.1) is 10.2 Å². The highest BCUT2D eigenvalue weighted by Gasteiger charge is 2.20. The van der Waals surface area contributed by atoms with Crippen molar-refractivity contribution in [2.24, 2.45) is 0 Å². The second-order valence-electron chi connectivity index (χ2n) is 8.76. The molecule has 10 nitrogen and oxygen atoms in total. The van der Waals surface area contributed by atoms with Crippen LogP contribution >= 0.6 is 11.8 Å². The zero-order valence-corrected chi connectivity index (χ0v) is 24.5. The zero-order chi connectivity index (χ0) is 30.1. The first-order chi connectivity index (χ1) is 20.4. The lowest BCUT2D eigenvalue weighted by molar-refractivity contribution is -0.131. The summed E-state index contributed by atoms with van der Waals surface area (Å²) in [6, 6.07) is 20.0. The molecule has 42 heavy (non-hydrogen) atoms. The van der Waals surface area contributed by atoms with E-state index in [1.165, 1.54) is 0 Å². The molecule has 4 aromatic rings. The molecule has 0 aliphatic carbocycles. The molecule has 4 rings (SSSR count). The molecule has 0 radical (unpaired) electrons. The fourth-order valence-corrected chi connectivity index (χ4v) is 4.98. The van der Waals surface area contributed by atoms with E-state index in [9.17, 15) is 15.2 Å². The number of nitrogens with zero attached hydrogens (tertiary/aromatic N) is 4. The molecule has 0 amide bonds. The monoisotopic (exact) mass is 586 g/mol. The molecule has 11 heteroatoms. The van der Waals surface area contributed by atoms with Crippen molar-refractivity contribution >= 4 is 23.8 Å². The van der Waals surface area contributed by atoms with Gasteiger partial charge in [0.05, 0.1) is 32.5 Å². The number of aliphatic carboxylic acids is 1. The van der Waals surface area contributed by atoms with Crippen LogP contribution in [0.5, 0.6) is 23.0 Å². The number of thioether (sulfide) groups is 1. The summed E-state index contributed by atoms with van der Waals surface area (Å²) in [7, 11) is 3.13. The highest BCUT2D eigenvalue weighted by Crippen LogP contribution is 2.35. The quantitative estimate of drug-likeness (QED) is 0.146. The molecular formula is C31H30N4O6S. The van der Waals surface area contributed by atoms with Gasteiger partial charge in [-0.25, -0.2) is 4.79 Å². The van der Waals surface area contributed by atoms with Gasteiger partial charge < -0.3 is 28.6 Å². The van der Waals surface area contributed by atoms with Gasteiger partial charge in [-0.1, -0.05) is 24.3 Å². The lowest BCUT2D eigenvalue weighted by Crippen LogP contribution is -2.03. The number of aromatic nitrogens is 3. The summed E-state index contributed by atoms with van der Waals surface area (Å²) in [6.45, 7) is 4.86. The Morgan fingerprint density at radius 3 is 2.38 bits per heavy atom. The first kappa shape index (κ1) is 30.0. The Morgan fingerprint density at radius 1 is 1.00 bits per heavy atom. The van der Waals surface area contributed by atoms with E-state index in [2.05, 4.69) is 16.3 Å². The van der Waals surface area contributed by atoms with Crippen molar-refractivity contribution in [1.29, 1.82) is 5.26 Å². The summed E-state index contributed by atoms with van der Waals surface area (Å²) >= 11 is 0.999. The van der Waals surface area contributed by atoms with Crippen molar-refractivity contribution < 1.29 is 28.8 Å². The molecule has 0 saturated carbocycles. The molecular weight excluding hydrogens is 556 g/mol.